The number of ether oxygens (including phenoxy) is 1. The van der Waals surface area contributed by atoms with E-state index in [2.05, 4.69) is 36.6 Å². The van der Waals surface area contributed by atoms with Crippen LogP contribution in [0.2, 0.25) is 0 Å². The SMILES string of the molecule is CC(C)c1cccc(C(=O)NCl)c1COc1ccn(S)n1. The smallest absolute Gasteiger partial charge is 0.266 e. The molecule has 0 saturated heterocycles. The molecule has 0 unspecified atom stereocenters. The molecule has 1 N–H and O–H groups in total. The maximum Gasteiger partial charge on any atom is 0.266 e. The molecule has 0 aliphatic rings. The molecule has 1 amide bonds. The average molecular weight is 326 g/mol. The summed E-state index contributed by atoms with van der Waals surface area (Å²) in [6.45, 7) is 4.35. The van der Waals surface area contributed by atoms with Gasteiger partial charge in [0.25, 0.3) is 5.91 Å². The maximum atomic E-state index is 11.9. The number of benzene rings is 1. The van der Waals surface area contributed by atoms with Crippen molar-refractivity contribution in [2.75, 3.05) is 0 Å². The van der Waals surface area contributed by atoms with Crippen LogP contribution in [0.4, 0.5) is 0 Å². The molecule has 0 atom stereocenters. The van der Waals surface area contributed by atoms with Gasteiger partial charge in [-0.3, -0.25) is 9.63 Å². The van der Waals surface area contributed by atoms with Crippen LogP contribution in [0.5, 0.6) is 5.88 Å². The summed E-state index contributed by atoms with van der Waals surface area (Å²) >= 11 is 9.50. The van der Waals surface area contributed by atoms with Gasteiger partial charge in [0.05, 0.1) is 0 Å². The van der Waals surface area contributed by atoms with Gasteiger partial charge < -0.3 is 4.74 Å². The number of aromatic nitrogens is 2. The number of rotatable bonds is 5. The van der Waals surface area contributed by atoms with Crippen molar-refractivity contribution in [2.24, 2.45) is 0 Å². The Kier molecular flexibility index (Phi) is 5.14. The third-order valence-corrected chi connectivity index (χ3v) is 3.47. The lowest BCUT2D eigenvalue weighted by molar-refractivity contribution is 0.0979. The fourth-order valence-electron chi connectivity index (χ4n) is 2.09. The van der Waals surface area contributed by atoms with Crippen LogP contribution in [0.25, 0.3) is 0 Å². The van der Waals surface area contributed by atoms with Gasteiger partial charge in [-0.25, -0.2) is 4.09 Å². The van der Waals surface area contributed by atoms with E-state index in [-0.39, 0.29) is 18.4 Å². The summed E-state index contributed by atoms with van der Waals surface area (Å²) in [5.41, 5.74) is 2.35. The van der Waals surface area contributed by atoms with Gasteiger partial charge in [-0.15, -0.1) is 5.10 Å². The molecule has 112 valence electrons. The minimum atomic E-state index is -0.350. The quantitative estimate of drug-likeness (QED) is 0.656. The summed E-state index contributed by atoms with van der Waals surface area (Å²) in [5, 5.41) is 4.03. The summed E-state index contributed by atoms with van der Waals surface area (Å²) in [6.07, 6.45) is 1.67. The van der Waals surface area contributed by atoms with E-state index in [1.165, 1.54) is 4.09 Å². The van der Waals surface area contributed by atoms with Gasteiger partial charge in [-0.05, 0) is 30.4 Å². The van der Waals surface area contributed by atoms with Crippen LogP contribution in [0, 0.1) is 0 Å². The molecule has 2 rings (SSSR count). The fourth-order valence-corrected chi connectivity index (χ4v) is 2.35. The van der Waals surface area contributed by atoms with E-state index in [0.717, 1.165) is 11.1 Å². The van der Waals surface area contributed by atoms with E-state index in [0.29, 0.717) is 11.4 Å². The first-order valence-electron chi connectivity index (χ1n) is 6.43. The Morgan fingerprint density at radius 2 is 2.24 bits per heavy atom. The predicted octanol–water partition coefficient (Wildman–Crippen LogP) is 3.16. The van der Waals surface area contributed by atoms with Crippen LogP contribution in [-0.2, 0) is 6.61 Å². The molecule has 0 fully saturated rings. The Labute approximate surface area is 133 Å². The van der Waals surface area contributed by atoms with Crippen LogP contribution < -0.4 is 9.57 Å². The highest BCUT2D eigenvalue weighted by Gasteiger charge is 2.17. The predicted molar refractivity (Wildman–Crippen MR) is 84.8 cm³/mol. The molecule has 7 heteroatoms. The Morgan fingerprint density at radius 1 is 1.48 bits per heavy atom. The van der Waals surface area contributed by atoms with Crippen molar-refractivity contribution >= 4 is 30.5 Å². The Balaban J connectivity index is 2.32. The molecule has 0 saturated carbocycles. The van der Waals surface area contributed by atoms with Crippen LogP contribution in [0.15, 0.2) is 30.5 Å². The van der Waals surface area contributed by atoms with E-state index in [1.807, 2.05) is 12.1 Å². The minimum Gasteiger partial charge on any atom is -0.472 e. The van der Waals surface area contributed by atoms with Crippen LogP contribution in [0.3, 0.4) is 0 Å². The second-order valence-electron chi connectivity index (χ2n) is 4.81. The van der Waals surface area contributed by atoms with Crippen LogP contribution in [0.1, 0.15) is 41.3 Å². The van der Waals surface area contributed by atoms with E-state index >= 15 is 0 Å². The van der Waals surface area contributed by atoms with Gasteiger partial charge in [0.2, 0.25) is 5.88 Å². The van der Waals surface area contributed by atoms with Crippen molar-refractivity contribution in [1.82, 2.24) is 14.0 Å². The largest absolute Gasteiger partial charge is 0.472 e. The average Bonchev–Trinajstić information content (AvgIpc) is 2.89. The van der Waals surface area contributed by atoms with Crippen molar-refractivity contribution in [1.29, 1.82) is 0 Å². The van der Waals surface area contributed by atoms with Gasteiger partial charge in [-0.1, -0.05) is 26.0 Å². The number of thiol groups is 1. The summed E-state index contributed by atoms with van der Waals surface area (Å²) in [6, 6.07) is 7.24. The summed E-state index contributed by atoms with van der Waals surface area (Å²) in [5.74, 6) is 0.354. The van der Waals surface area contributed by atoms with Gasteiger partial charge in [-0.2, -0.15) is 0 Å². The van der Waals surface area contributed by atoms with Crippen molar-refractivity contribution in [3.8, 4) is 5.88 Å². The zero-order chi connectivity index (χ0) is 15.4. The molecule has 0 spiro atoms. The lowest BCUT2D eigenvalue weighted by Gasteiger charge is -2.16. The molecule has 21 heavy (non-hydrogen) atoms. The minimum absolute atomic E-state index is 0.235. The van der Waals surface area contributed by atoms with E-state index in [1.54, 1.807) is 18.3 Å². The molecule has 1 heterocycles. The Hall–Kier alpha value is -1.66. The maximum absolute atomic E-state index is 11.9. The molecular formula is C14H16ClN3O2S. The topological polar surface area (TPSA) is 56.1 Å². The third-order valence-electron chi connectivity index (χ3n) is 3.08. The van der Waals surface area contributed by atoms with Crippen molar-refractivity contribution in [2.45, 2.75) is 26.4 Å². The summed E-state index contributed by atoms with van der Waals surface area (Å²) in [7, 11) is 0. The molecule has 2 aromatic rings. The van der Waals surface area contributed by atoms with Crippen molar-refractivity contribution in [3.05, 3.63) is 47.2 Å². The highest BCUT2D eigenvalue weighted by Crippen LogP contribution is 2.24. The lowest BCUT2D eigenvalue weighted by atomic mass is 9.93. The standard InChI is InChI=1S/C14H16ClN3O2S/c1-9(2)10-4-3-5-11(14(19)16-15)12(10)8-20-13-6-7-18(21)17-13/h3-7,9,21H,8H2,1-2H3,(H,16,19). The number of carbonyl (C=O) groups is 1. The van der Waals surface area contributed by atoms with Crippen molar-refractivity contribution < 1.29 is 9.53 Å². The molecule has 0 bridgehead atoms. The Morgan fingerprint density at radius 3 is 2.81 bits per heavy atom. The normalized spacial score (nSPS) is 10.7. The molecule has 0 aliphatic carbocycles. The summed E-state index contributed by atoms with van der Waals surface area (Å²) in [4.78, 5) is 14.0. The fraction of sp³-hybridized carbons (Fsp3) is 0.286. The number of carbonyl (C=O) groups excluding carboxylic acids is 1. The number of hydrogen-bond donors (Lipinski definition) is 2. The molecule has 0 radical (unpaired) electrons. The number of amides is 1. The monoisotopic (exact) mass is 325 g/mol. The second kappa shape index (κ2) is 6.87. The summed E-state index contributed by atoms with van der Waals surface area (Å²) < 4.78 is 6.99. The van der Waals surface area contributed by atoms with Gasteiger partial charge in [0.1, 0.15) is 6.61 Å². The molecule has 1 aromatic heterocycles. The van der Waals surface area contributed by atoms with Crippen molar-refractivity contribution in [3.63, 3.8) is 0 Å². The van der Waals surface area contributed by atoms with Gasteiger partial charge in [0, 0.05) is 35.2 Å². The number of nitrogens with zero attached hydrogens (tertiary/aromatic N) is 2. The molecular weight excluding hydrogens is 310 g/mol. The molecule has 5 nitrogen and oxygen atoms in total. The Bertz CT molecular complexity index is 643. The zero-order valence-corrected chi connectivity index (χ0v) is 13.4. The molecule has 1 aromatic carbocycles. The van der Waals surface area contributed by atoms with Crippen LogP contribution in [-0.4, -0.2) is 15.1 Å². The lowest BCUT2D eigenvalue weighted by Crippen LogP contribution is -2.17. The first-order valence-corrected chi connectivity index (χ1v) is 7.21. The van der Waals surface area contributed by atoms with E-state index < -0.39 is 0 Å². The number of hydrogen-bond acceptors (Lipinski definition) is 4. The zero-order valence-electron chi connectivity index (χ0n) is 11.7. The first kappa shape index (κ1) is 15.7. The number of nitrogens with one attached hydrogen (secondary N) is 1. The van der Waals surface area contributed by atoms with E-state index in [4.69, 9.17) is 16.5 Å². The van der Waals surface area contributed by atoms with Gasteiger partial charge in [0.15, 0.2) is 0 Å². The highest BCUT2D eigenvalue weighted by atomic mass is 35.5. The van der Waals surface area contributed by atoms with E-state index in [9.17, 15) is 4.79 Å². The molecule has 0 aliphatic heterocycles. The number of halogens is 1. The second-order valence-corrected chi connectivity index (χ2v) is 5.41. The first-order chi connectivity index (χ1) is 10.0. The third kappa shape index (κ3) is 3.71. The van der Waals surface area contributed by atoms with Crippen LogP contribution >= 0.6 is 24.6 Å². The highest BCUT2D eigenvalue weighted by molar-refractivity contribution is 7.78. The van der Waals surface area contributed by atoms with Gasteiger partial charge >= 0.3 is 0 Å².